The molecule has 0 bridgehead atoms. The summed E-state index contributed by atoms with van der Waals surface area (Å²) in [6.07, 6.45) is 3.78. The van der Waals surface area contributed by atoms with Crippen molar-refractivity contribution < 1.29 is 0 Å². The molecule has 39 heavy (non-hydrogen) atoms. The zero-order valence-corrected chi connectivity index (χ0v) is 22.8. The van der Waals surface area contributed by atoms with Crippen molar-refractivity contribution in [3.63, 3.8) is 0 Å². The maximum absolute atomic E-state index is 13.5. The highest BCUT2D eigenvalue weighted by Gasteiger charge is 2.39. The molecule has 6 aromatic rings. The number of hydrogen-bond acceptors (Lipinski definition) is 3. The van der Waals surface area contributed by atoms with Crippen molar-refractivity contribution in [3.05, 3.63) is 171 Å². The summed E-state index contributed by atoms with van der Waals surface area (Å²) >= 11 is 1.64. The molecular formula is C34H29N3OS. The Morgan fingerprint density at radius 1 is 0.718 bits per heavy atom. The first kappa shape index (κ1) is 24.8. The maximum atomic E-state index is 13.5. The van der Waals surface area contributed by atoms with Gasteiger partial charge in [0.05, 0.1) is 24.1 Å². The summed E-state index contributed by atoms with van der Waals surface area (Å²) < 4.78 is 4.03. The predicted molar refractivity (Wildman–Crippen MR) is 159 cm³/mol. The van der Waals surface area contributed by atoms with E-state index in [1.54, 1.807) is 15.9 Å². The SMILES string of the molecule is Cc1ccc(-c2cccn(Cc3ncn(C(c4ccccc4)(c4ccccc4)c4ccccc4)c3C)c2=O)s1. The predicted octanol–water partition coefficient (Wildman–Crippen LogP) is 7.28. The van der Waals surface area contributed by atoms with Crippen LogP contribution in [0.15, 0.2) is 133 Å². The third-order valence-electron chi connectivity index (χ3n) is 7.39. The first-order valence-corrected chi connectivity index (χ1v) is 13.9. The van der Waals surface area contributed by atoms with Crippen LogP contribution in [0.1, 0.15) is 33.0 Å². The Hall–Kier alpha value is -4.48. The number of rotatable bonds is 7. The largest absolute Gasteiger partial charge is 0.316 e. The molecule has 0 saturated heterocycles. The zero-order valence-electron chi connectivity index (χ0n) is 22.0. The lowest BCUT2D eigenvalue weighted by atomic mass is 9.76. The van der Waals surface area contributed by atoms with Gasteiger partial charge in [0.2, 0.25) is 0 Å². The lowest BCUT2D eigenvalue weighted by molar-refractivity contribution is 0.502. The van der Waals surface area contributed by atoms with Crippen LogP contribution in [0.4, 0.5) is 0 Å². The quantitative estimate of drug-likeness (QED) is 0.205. The van der Waals surface area contributed by atoms with E-state index in [9.17, 15) is 4.79 Å². The number of thiophene rings is 1. The van der Waals surface area contributed by atoms with Crippen LogP contribution in [-0.4, -0.2) is 14.1 Å². The van der Waals surface area contributed by atoms with E-state index in [4.69, 9.17) is 4.98 Å². The number of benzene rings is 3. The van der Waals surface area contributed by atoms with Crippen molar-refractivity contribution in [2.24, 2.45) is 0 Å². The first-order valence-electron chi connectivity index (χ1n) is 13.0. The van der Waals surface area contributed by atoms with Gasteiger partial charge in [-0.1, -0.05) is 91.0 Å². The van der Waals surface area contributed by atoms with E-state index in [1.165, 1.54) is 4.88 Å². The van der Waals surface area contributed by atoms with Crippen molar-refractivity contribution in [1.29, 1.82) is 0 Å². The Balaban J connectivity index is 1.52. The lowest BCUT2D eigenvalue weighted by Crippen LogP contribution is -2.38. The monoisotopic (exact) mass is 527 g/mol. The average Bonchev–Trinajstić information content (AvgIpc) is 3.58. The Labute approximate surface area is 232 Å². The first-order chi connectivity index (χ1) is 19.1. The minimum Gasteiger partial charge on any atom is -0.316 e. The molecule has 0 radical (unpaired) electrons. The van der Waals surface area contributed by atoms with E-state index in [1.807, 2.05) is 48.9 Å². The van der Waals surface area contributed by atoms with E-state index in [0.29, 0.717) is 6.54 Å². The Morgan fingerprint density at radius 3 is 1.79 bits per heavy atom. The highest BCUT2D eigenvalue weighted by molar-refractivity contribution is 7.15. The van der Waals surface area contributed by atoms with Crippen molar-refractivity contribution in [3.8, 4) is 10.4 Å². The van der Waals surface area contributed by atoms with E-state index in [0.717, 1.165) is 38.5 Å². The van der Waals surface area contributed by atoms with Gasteiger partial charge in [0, 0.05) is 21.6 Å². The number of pyridine rings is 1. The van der Waals surface area contributed by atoms with E-state index < -0.39 is 5.54 Å². The molecule has 0 amide bonds. The Kier molecular flexibility index (Phi) is 6.59. The van der Waals surface area contributed by atoms with Gasteiger partial charge in [-0.15, -0.1) is 11.3 Å². The number of aryl methyl sites for hydroxylation is 1. The van der Waals surface area contributed by atoms with Gasteiger partial charge in [0.1, 0.15) is 5.54 Å². The normalized spacial score (nSPS) is 11.5. The minimum absolute atomic E-state index is 0.00580. The number of nitrogens with zero attached hydrogens (tertiary/aromatic N) is 3. The highest BCUT2D eigenvalue weighted by Crippen LogP contribution is 2.41. The molecular weight excluding hydrogens is 498 g/mol. The fraction of sp³-hybridized carbons (Fsp3) is 0.118. The summed E-state index contributed by atoms with van der Waals surface area (Å²) in [6.45, 7) is 4.55. The molecule has 0 unspecified atom stereocenters. The van der Waals surface area contributed by atoms with Crippen molar-refractivity contribution >= 4 is 11.3 Å². The molecule has 3 heterocycles. The van der Waals surface area contributed by atoms with Gasteiger partial charge in [-0.05, 0) is 54.8 Å². The van der Waals surface area contributed by atoms with Crippen LogP contribution in [0, 0.1) is 13.8 Å². The minimum atomic E-state index is -0.638. The second-order valence-corrected chi connectivity index (χ2v) is 11.0. The summed E-state index contributed by atoms with van der Waals surface area (Å²) in [7, 11) is 0. The zero-order chi connectivity index (χ0) is 26.8. The van der Waals surface area contributed by atoms with Gasteiger partial charge in [-0.3, -0.25) is 4.79 Å². The standard InChI is InChI=1S/C34H29N3OS/c1-25-20-21-32(39-25)30-19-12-22-36(33(30)38)23-31-26(2)37(24-35-31)34(27-13-6-3-7-14-27,28-15-8-4-9-16-28)29-17-10-5-11-18-29/h3-22,24H,23H2,1-2H3. The molecule has 0 fully saturated rings. The van der Waals surface area contributed by atoms with Crippen molar-refractivity contribution in [2.75, 3.05) is 0 Å². The van der Waals surface area contributed by atoms with Gasteiger partial charge in [0.15, 0.2) is 0 Å². The molecule has 0 atom stereocenters. The van der Waals surface area contributed by atoms with E-state index in [2.05, 4.69) is 97.3 Å². The third-order valence-corrected chi connectivity index (χ3v) is 8.42. The topological polar surface area (TPSA) is 39.8 Å². The van der Waals surface area contributed by atoms with Crippen LogP contribution < -0.4 is 5.56 Å². The van der Waals surface area contributed by atoms with Crippen LogP contribution in [0.3, 0.4) is 0 Å². The summed E-state index contributed by atoms with van der Waals surface area (Å²) in [6, 6.07) is 39.6. The molecule has 3 aromatic carbocycles. The van der Waals surface area contributed by atoms with Gasteiger partial charge in [-0.25, -0.2) is 4.98 Å². The number of aromatic nitrogens is 3. The molecule has 0 aliphatic carbocycles. The van der Waals surface area contributed by atoms with Crippen LogP contribution >= 0.6 is 11.3 Å². The molecule has 5 heteroatoms. The summed E-state index contributed by atoms with van der Waals surface area (Å²) in [4.78, 5) is 20.6. The Bertz CT molecular complexity index is 1670. The molecule has 0 spiro atoms. The molecule has 6 rings (SSSR count). The summed E-state index contributed by atoms with van der Waals surface area (Å²) in [5.41, 5.74) is 5.37. The van der Waals surface area contributed by atoms with Crippen molar-refractivity contribution in [1.82, 2.24) is 14.1 Å². The van der Waals surface area contributed by atoms with E-state index >= 15 is 0 Å². The third kappa shape index (κ3) is 4.35. The summed E-state index contributed by atoms with van der Waals surface area (Å²) in [5, 5.41) is 0. The molecule has 192 valence electrons. The van der Waals surface area contributed by atoms with Gasteiger partial charge in [0.25, 0.3) is 5.56 Å². The fourth-order valence-electron chi connectivity index (χ4n) is 5.48. The molecule has 0 saturated carbocycles. The smallest absolute Gasteiger partial charge is 0.259 e. The van der Waals surface area contributed by atoms with Crippen LogP contribution in [0.5, 0.6) is 0 Å². The molecule has 3 aromatic heterocycles. The molecule has 0 N–H and O–H groups in total. The number of hydrogen-bond donors (Lipinski definition) is 0. The molecule has 4 nitrogen and oxygen atoms in total. The van der Waals surface area contributed by atoms with Crippen LogP contribution in [-0.2, 0) is 12.1 Å². The average molecular weight is 528 g/mol. The second-order valence-electron chi connectivity index (χ2n) is 9.72. The molecule has 0 aliphatic heterocycles. The van der Waals surface area contributed by atoms with Gasteiger partial charge in [-0.2, -0.15) is 0 Å². The van der Waals surface area contributed by atoms with E-state index in [-0.39, 0.29) is 5.56 Å². The van der Waals surface area contributed by atoms with Crippen LogP contribution in [0.2, 0.25) is 0 Å². The van der Waals surface area contributed by atoms with Gasteiger partial charge < -0.3 is 9.13 Å². The van der Waals surface area contributed by atoms with Crippen LogP contribution in [0.25, 0.3) is 10.4 Å². The summed E-state index contributed by atoms with van der Waals surface area (Å²) in [5.74, 6) is 0. The molecule has 0 aliphatic rings. The number of imidazole rings is 1. The van der Waals surface area contributed by atoms with Gasteiger partial charge >= 0.3 is 0 Å². The second kappa shape index (κ2) is 10.4. The van der Waals surface area contributed by atoms with Crippen molar-refractivity contribution in [2.45, 2.75) is 25.9 Å². The maximum Gasteiger partial charge on any atom is 0.259 e. The fourth-order valence-corrected chi connectivity index (χ4v) is 6.37. The Morgan fingerprint density at radius 2 is 1.28 bits per heavy atom. The highest BCUT2D eigenvalue weighted by atomic mass is 32.1. The lowest BCUT2D eigenvalue weighted by Gasteiger charge is -2.38.